The highest BCUT2D eigenvalue weighted by atomic mass is 16.5. The second kappa shape index (κ2) is 5.89. The molecule has 1 amide bonds. The Morgan fingerprint density at radius 2 is 2.00 bits per heavy atom. The fraction of sp³-hybridized carbons (Fsp3) is 0.176. The van der Waals surface area contributed by atoms with Gasteiger partial charge in [-0.25, -0.2) is 4.98 Å². The molecule has 1 aromatic heterocycles. The second-order valence-electron chi connectivity index (χ2n) is 4.96. The van der Waals surface area contributed by atoms with E-state index in [2.05, 4.69) is 10.3 Å². The quantitative estimate of drug-likeness (QED) is 0.802. The van der Waals surface area contributed by atoms with Gasteiger partial charge in [-0.15, -0.1) is 0 Å². The Hall–Kier alpha value is -2.82. The fourth-order valence-electron chi connectivity index (χ4n) is 2.28. The standard InChI is InChI=1S/C17H16N2O3/c1-11-18-14-4-3-5-15(17(14)22-11)19-16(20)10-12-6-8-13(21-2)9-7-12/h3-9H,10H2,1-2H3,(H,19,20). The zero-order chi connectivity index (χ0) is 15.5. The lowest BCUT2D eigenvalue weighted by atomic mass is 10.1. The molecule has 1 N–H and O–H groups in total. The van der Waals surface area contributed by atoms with Crippen LogP contribution >= 0.6 is 0 Å². The number of hydrogen-bond donors (Lipinski definition) is 1. The van der Waals surface area contributed by atoms with Gasteiger partial charge in [-0.1, -0.05) is 18.2 Å². The number of carbonyl (C=O) groups is 1. The number of ether oxygens (including phenoxy) is 1. The van der Waals surface area contributed by atoms with Crippen LogP contribution in [0.4, 0.5) is 5.69 Å². The number of oxazole rings is 1. The molecular formula is C17H16N2O3. The van der Waals surface area contributed by atoms with Crippen LogP contribution in [0.1, 0.15) is 11.5 Å². The number of amides is 1. The molecule has 0 bridgehead atoms. The largest absolute Gasteiger partial charge is 0.497 e. The monoisotopic (exact) mass is 296 g/mol. The third-order valence-electron chi connectivity index (χ3n) is 3.32. The summed E-state index contributed by atoms with van der Waals surface area (Å²) in [6.07, 6.45) is 0.285. The summed E-state index contributed by atoms with van der Waals surface area (Å²) < 4.78 is 10.6. The summed E-state index contributed by atoms with van der Waals surface area (Å²) in [6.45, 7) is 1.78. The van der Waals surface area contributed by atoms with Crippen molar-refractivity contribution in [1.82, 2.24) is 4.98 Å². The molecule has 5 heteroatoms. The maximum atomic E-state index is 12.2. The summed E-state index contributed by atoms with van der Waals surface area (Å²) >= 11 is 0. The molecule has 0 spiro atoms. The molecule has 3 aromatic rings. The first-order valence-corrected chi connectivity index (χ1v) is 6.94. The number of aromatic nitrogens is 1. The minimum Gasteiger partial charge on any atom is -0.497 e. The zero-order valence-electron chi connectivity index (χ0n) is 12.4. The highest BCUT2D eigenvalue weighted by Gasteiger charge is 2.11. The van der Waals surface area contributed by atoms with Crippen LogP contribution in [0.15, 0.2) is 46.9 Å². The number of hydrogen-bond acceptors (Lipinski definition) is 4. The maximum absolute atomic E-state index is 12.2. The lowest BCUT2D eigenvalue weighted by molar-refractivity contribution is -0.115. The first kappa shape index (κ1) is 14.1. The van der Waals surface area contributed by atoms with Crippen molar-refractivity contribution in [3.8, 4) is 5.75 Å². The highest BCUT2D eigenvalue weighted by Crippen LogP contribution is 2.24. The number of carbonyl (C=O) groups excluding carboxylic acids is 1. The van der Waals surface area contributed by atoms with Crippen molar-refractivity contribution in [3.05, 3.63) is 53.9 Å². The highest BCUT2D eigenvalue weighted by molar-refractivity contribution is 5.99. The third kappa shape index (κ3) is 2.93. The van der Waals surface area contributed by atoms with Crippen molar-refractivity contribution in [3.63, 3.8) is 0 Å². The van der Waals surface area contributed by atoms with Gasteiger partial charge >= 0.3 is 0 Å². The summed E-state index contributed by atoms with van der Waals surface area (Å²) in [5, 5.41) is 2.87. The van der Waals surface area contributed by atoms with Gasteiger partial charge in [-0.05, 0) is 29.8 Å². The number of rotatable bonds is 4. The van der Waals surface area contributed by atoms with Gasteiger partial charge in [0.1, 0.15) is 11.3 Å². The molecule has 112 valence electrons. The number of methoxy groups -OCH3 is 1. The van der Waals surface area contributed by atoms with Crippen LogP contribution in [-0.2, 0) is 11.2 Å². The molecule has 0 saturated carbocycles. The number of fused-ring (bicyclic) bond motifs is 1. The first-order valence-electron chi connectivity index (χ1n) is 6.94. The normalized spacial score (nSPS) is 10.6. The van der Waals surface area contributed by atoms with Crippen LogP contribution in [0.2, 0.25) is 0 Å². The predicted octanol–water partition coefficient (Wildman–Crippen LogP) is 3.33. The first-order chi connectivity index (χ1) is 10.7. The Morgan fingerprint density at radius 3 is 2.73 bits per heavy atom. The SMILES string of the molecule is COc1ccc(CC(=O)Nc2cccc3nc(C)oc23)cc1. The molecular weight excluding hydrogens is 280 g/mol. The molecule has 2 aromatic carbocycles. The van der Waals surface area contributed by atoms with Crippen molar-refractivity contribution >= 4 is 22.7 Å². The average Bonchev–Trinajstić information content (AvgIpc) is 2.89. The van der Waals surface area contributed by atoms with Crippen molar-refractivity contribution in [1.29, 1.82) is 0 Å². The van der Waals surface area contributed by atoms with E-state index in [-0.39, 0.29) is 12.3 Å². The van der Waals surface area contributed by atoms with Gasteiger partial charge in [-0.3, -0.25) is 4.79 Å². The molecule has 0 aliphatic rings. The van der Waals surface area contributed by atoms with Crippen LogP contribution < -0.4 is 10.1 Å². The van der Waals surface area contributed by atoms with Crippen molar-refractivity contribution in [2.75, 3.05) is 12.4 Å². The number of benzene rings is 2. The Kier molecular flexibility index (Phi) is 3.78. The fourth-order valence-corrected chi connectivity index (χ4v) is 2.28. The molecule has 0 aliphatic heterocycles. The van der Waals surface area contributed by atoms with E-state index in [0.717, 1.165) is 16.8 Å². The zero-order valence-corrected chi connectivity index (χ0v) is 12.4. The lowest BCUT2D eigenvalue weighted by Gasteiger charge is -2.06. The Morgan fingerprint density at radius 1 is 1.23 bits per heavy atom. The molecule has 5 nitrogen and oxygen atoms in total. The van der Waals surface area contributed by atoms with Gasteiger partial charge in [0.05, 0.1) is 19.2 Å². The van der Waals surface area contributed by atoms with E-state index in [1.54, 1.807) is 20.1 Å². The number of nitrogens with zero attached hydrogens (tertiary/aromatic N) is 1. The van der Waals surface area contributed by atoms with E-state index in [1.807, 2.05) is 36.4 Å². The van der Waals surface area contributed by atoms with Crippen LogP contribution in [0.25, 0.3) is 11.1 Å². The van der Waals surface area contributed by atoms with Gasteiger partial charge in [0.15, 0.2) is 11.5 Å². The molecule has 0 saturated heterocycles. The summed E-state index contributed by atoms with van der Waals surface area (Å²) in [5.74, 6) is 1.24. The molecule has 1 heterocycles. The van der Waals surface area contributed by atoms with Gasteiger partial charge in [-0.2, -0.15) is 0 Å². The van der Waals surface area contributed by atoms with Crippen molar-refractivity contribution in [2.24, 2.45) is 0 Å². The van der Waals surface area contributed by atoms with Crippen LogP contribution in [0, 0.1) is 6.92 Å². The minimum atomic E-state index is -0.105. The Labute approximate surface area is 127 Å². The van der Waals surface area contributed by atoms with Crippen LogP contribution in [0.3, 0.4) is 0 Å². The van der Waals surface area contributed by atoms with Gasteiger partial charge < -0.3 is 14.5 Å². The lowest BCUT2D eigenvalue weighted by Crippen LogP contribution is -2.14. The molecule has 22 heavy (non-hydrogen) atoms. The molecule has 0 unspecified atom stereocenters. The molecule has 3 rings (SSSR count). The molecule has 0 radical (unpaired) electrons. The molecule has 0 aliphatic carbocycles. The topological polar surface area (TPSA) is 64.4 Å². The molecule has 0 atom stereocenters. The predicted molar refractivity (Wildman–Crippen MR) is 84.1 cm³/mol. The minimum absolute atomic E-state index is 0.105. The Balaban J connectivity index is 1.75. The summed E-state index contributed by atoms with van der Waals surface area (Å²) in [7, 11) is 1.61. The average molecular weight is 296 g/mol. The second-order valence-corrected chi connectivity index (χ2v) is 4.96. The van der Waals surface area contributed by atoms with Crippen LogP contribution in [0.5, 0.6) is 5.75 Å². The number of aryl methyl sites for hydroxylation is 1. The Bertz CT molecular complexity index is 806. The number of para-hydroxylation sites is 1. The smallest absolute Gasteiger partial charge is 0.228 e. The number of nitrogens with one attached hydrogen (secondary N) is 1. The van der Waals surface area contributed by atoms with Crippen molar-refractivity contribution in [2.45, 2.75) is 13.3 Å². The number of anilines is 1. The van der Waals surface area contributed by atoms with Crippen LogP contribution in [-0.4, -0.2) is 18.0 Å². The maximum Gasteiger partial charge on any atom is 0.228 e. The van der Waals surface area contributed by atoms with Gasteiger partial charge in [0, 0.05) is 6.92 Å². The van der Waals surface area contributed by atoms with E-state index in [1.165, 1.54) is 0 Å². The van der Waals surface area contributed by atoms with E-state index in [0.29, 0.717) is 17.2 Å². The van der Waals surface area contributed by atoms with E-state index in [9.17, 15) is 4.79 Å². The molecule has 0 fully saturated rings. The van der Waals surface area contributed by atoms with Crippen molar-refractivity contribution < 1.29 is 13.9 Å². The summed E-state index contributed by atoms with van der Waals surface area (Å²) in [4.78, 5) is 16.4. The van der Waals surface area contributed by atoms with Gasteiger partial charge in [0.2, 0.25) is 5.91 Å². The third-order valence-corrected chi connectivity index (χ3v) is 3.32. The summed E-state index contributed by atoms with van der Waals surface area (Å²) in [5.41, 5.74) is 2.89. The van der Waals surface area contributed by atoms with E-state index in [4.69, 9.17) is 9.15 Å². The van der Waals surface area contributed by atoms with Gasteiger partial charge in [0.25, 0.3) is 0 Å². The summed E-state index contributed by atoms with van der Waals surface area (Å²) in [6, 6.07) is 12.9. The van der Waals surface area contributed by atoms with E-state index < -0.39 is 0 Å². The van der Waals surface area contributed by atoms with E-state index >= 15 is 0 Å².